The van der Waals surface area contributed by atoms with Crippen molar-refractivity contribution in [2.75, 3.05) is 45.8 Å². The Bertz CT molecular complexity index is 1020. The molecule has 8 nitrogen and oxygen atoms in total. The Morgan fingerprint density at radius 2 is 1.81 bits per heavy atom. The molecule has 1 saturated heterocycles. The van der Waals surface area contributed by atoms with Crippen molar-refractivity contribution in [2.24, 2.45) is 0 Å². The number of amides is 2. The van der Waals surface area contributed by atoms with E-state index < -0.39 is 15.8 Å². The maximum Gasteiger partial charge on any atom is 0.246 e. The molecule has 2 aromatic rings. The Morgan fingerprint density at radius 3 is 2.44 bits per heavy atom. The van der Waals surface area contributed by atoms with Crippen molar-refractivity contribution >= 4 is 33.2 Å². The lowest BCUT2D eigenvalue weighted by atomic mass is 10.3. The van der Waals surface area contributed by atoms with Crippen LogP contribution in [0.2, 0.25) is 0 Å². The molecule has 1 aromatic carbocycles. The Balaban J connectivity index is 1.48. The Kier molecular flexibility index (Phi) is 8.35. The number of sulfonamides is 1. The van der Waals surface area contributed by atoms with Gasteiger partial charge >= 0.3 is 0 Å². The minimum Gasteiger partial charge on any atom is -0.350 e. The van der Waals surface area contributed by atoms with E-state index in [9.17, 15) is 22.4 Å². The van der Waals surface area contributed by atoms with E-state index in [0.29, 0.717) is 13.1 Å². The molecule has 0 saturated carbocycles. The average molecular weight is 483 g/mol. The van der Waals surface area contributed by atoms with Gasteiger partial charge in [0, 0.05) is 31.1 Å². The molecule has 1 aliphatic heterocycles. The lowest BCUT2D eigenvalue weighted by molar-refractivity contribution is -0.134. The van der Waals surface area contributed by atoms with Crippen molar-refractivity contribution in [2.45, 2.75) is 18.4 Å². The molecule has 11 heteroatoms. The van der Waals surface area contributed by atoms with E-state index in [1.54, 1.807) is 21.1 Å². The third-order valence-electron chi connectivity index (χ3n) is 5.26. The van der Waals surface area contributed by atoms with Crippen LogP contribution in [0.15, 0.2) is 46.7 Å². The summed E-state index contributed by atoms with van der Waals surface area (Å²) in [5.41, 5.74) is 0. The molecule has 1 aliphatic rings. The van der Waals surface area contributed by atoms with Crippen molar-refractivity contribution in [3.63, 3.8) is 0 Å². The third kappa shape index (κ3) is 6.12. The molecule has 2 amide bonds. The number of rotatable bonds is 9. The molecule has 174 valence electrons. The molecular formula is C21H27FN4O4S2. The van der Waals surface area contributed by atoms with E-state index in [1.165, 1.54) is 22.5 Å². The molecule has 1 aromatic heterocycles. The summed E-state index contributed by atoms with van der Waals surface area (Å²) in [6.07, 6.45) is 0. The number of likely N-dealkylation sites (N-methyl/N-ethyl adjacent to an activating group) is 1. The topological polar surface area (TPSA) is 90.0 Å². The van der Waals surface area contributed by atoms with E-state index in [-0.39, 0.29) is 56.0 Å². The van der Waals surface area contributed by atoms with Crippen molar-refractivity contribution in [3.8, 4) is 0 Å². The Morgan fingerprint density at radius 1 is 1.09 bits per heavy atom. The SMILES string of the molecule is CCN(CC(=O)NCc1cccs1)CC(=O)N1CCN(S(=O)(=O)c2ccccc2F)CC1. The van der Waals surface area contributed by atoms with Crippen molar-refractivity contribution in [1.82, 2.24) is 19.4 Å². The lowest BCUT2D eigenvalue weighted by Crippen LogP contribution is -2.53. The fourth-order valence-corrected chi connectivity index (χ4v) is 5.53. The lowest BCUT2D eigenvalue weighted by Gasteiger charge is -2.35. The summed E-state index contributed by atoms with van der Waals surface area (Å²) in [5, 5.41) is 4.79. The highest BCUT2D eigenvalue weighted by Crippen LogP contribution is 2.20. The van der Waals surface area contributed by atoms with Gasteiger partial charge in [-0.2, -0.15) is 4.31 Å². The van der Waals surface area contributed by atoms with Gasteiger partial charge in [-0.05, 0) is 30.1 Å². The minimum absolute atomic E-state index is 0.0724. The molecule has 2 heterocycles. The van der Waals surface area contributed by atoms with Crippen molar-refractivity contribution in [1.29, 1.82) is 0 Å². The van der Waals surface area contributed by atoms with Gasteiger partial charge in [0.25, 0.3) is 0 Å². The largest absolute Gasteiger partial charge is 0.350 e. The number of hydrogen-bond acceptors (Lipinski definition) is 6. The van der Waals surface area contributed by atoms with Crippen molar-refractivity contribution in [3.05, 3.63) is 52.5 Å². The number of nitrogens with one attached hydrogen (secondary N) is 1. The highest BCUT2D eigenvalue weighted by atomic mass is 32.2. The highest BCUT2D eigenvalue weighted by molar-refractivity contribution is 7.89. The molecule has 0 unspecified atom stereocenters. The Labute approximate surface area is 191 Å². The van der Waals surface area contributed by atoms with Crippen LogP contribution in [0.4, 0.5) is 4.39 Å². The molecule has 3 rings (SSSR count). The maximum absolute atomic E-state index is 14.0. The third-order valence-corrected chi connectivity index (χ3v) is 8.07. The zero-order chi connectivity index (χ0) is 23.1. The number of hydrogen-bond donors (Lipinski definition) is 1. The predicted molar refractivity (Wildman–Crippen MR) is 120 cm³/mol. The van der Waals surface area contributed by atoms with E-state index in [4.69, 9.17) is 0 Å². The first-order chi connectivity index (χ1) is 15.3. The smallest absolute Gasteiger partial charge is 0.246 e. The number of benzene rings is 1. The van der Waals surface area contributed by atoms with Crippen LogP contribution in [-0.4, -0.2) is 80.2 Å². The quantitative estimate of drug-likeness (QED) is 0.583. The summed E-state index contributed by atoms with van der Waals surface area (Å²) < 4.78 is 40.6. The van der Waals surface area contributed by atoms with Gasteiger partial charge in [-0.25, -0.2) is 12.8 Å². The van der Waals surface area contributed by atoms with Crippen LogP contribution < -0.4 is 5.32 Å². The van der Waals surface area contributed by atoms with Crippen LogP contribution in [-0.2, 0) is 26.2 Å². The number of thiophene rings is 1. The molecule has 1 fully saturated rings. The standard InChI is InChI=1S/C21H27FN4O4S2/c1-2-24(15-20(27)23-14-17-6-5-13-31-17)16-21(28)25-9-11-26(12-10-25)32(29,30)19-8-4-3-7-18(19)22/h3-8,13H,2,9-12,14-16H2,1H3,(H,23,27). The number of piperazine rings is 1. The second kappa shape index (κ2) is 11.0. The summed E-state index contributed by atoms with van der Waals surface area (Å²) in [6.45, 7) is 3.66. The second-order valence-corrected chi connectivity index (χ2v) is 10.3. The van der Waals surface area contributed by atoms with Crippen LogP contribution in [0.25, 0.3) is 0 Å². The van der Waals surface area contributed by atoms with E-state index in [1.807, 2.05) is 24.4 Å². The molecule has 0 atom stereocenters. The fourth-order valence-electron chi connectivity index (χ4n) is 3.40. The zero-order valence-corrected chi connectivity index (χ0v) is 19.5. The van der Waals surface area contributed by atoms with Gasteiger partial charge in [0.1, 0.15) is 10.7 Å². The first kappa shape index (κ1) is 24.3. The van der Waals surface area contributed by atoms with Gasteiger partial charge in [-0.15, -0.1) is 11.3 Å². The van der Waals surface area contributed by atoms with Gasteiger partial charge in [0.2, 0.25) is 21.8 Å². The number of nitrogens with zero attached hydrogens (tertiary/aromatic N) is 3. The first-order valence-electron chi connectivity index (χ1n) is 10.3. The minimum atomic E-state index is -3.95. The molecule has 32 heavy (non-hydrogen) atoms. The molecule has 1 N–H and O–H groups in total. The zero-order valence-electron chi connectivity index (χ0n) is 17.9. The monoisotopic (exact) mass is 482 g/mol. The van der Waals surface area contributed by atoms with Gasteiger partial charge < -0.3 is 10.2 Å². The second-order valence-electron chi connectivity index (χ2n) is 7.37. The van der Waals surface area contributed by atoms with Gasteiger partial charge in [0.15, 0.2) is 0 Å². The first-order valence-corrected chi connectivity index (χ1v) is 12.7. The molecule has 0 radical (unpaired) electrons. The predicted octanol–water partition coefficient (Wildman–Crippen LogP) is 1.36. The summed E-state index contributed by atoms with van der Waals surface area (Å²) >= 11 is 1.56. The number of carbonyl (C=O) groups excluding carboxylic acids is 2. The van der Waals surface area contributed by atoms with Gasteiger partial charge in [-0.1, -0.05) is 25.1 Å². The highest BCUT2D eigenvalue weighted by Gasteiger charge is 2.32. The normalized spacial score (nSPS) is 15.2. The maximum atomic E-state index is 14.0. The Hall–Kier alpha value is -2.34. The van der Waals surface area contributed by atoms with E-state index in [2.05, 4.69) is 5.32 Å². The molecule has 0 bridgehead atoms. The fraction of sp³-hybridized carbons (Fsp3) is 0.429. The average Bonchev–Trinajstić information content (AvgIpc) is 3.31. The molecule has 0 aliphatic carbocycles. The van der Waals surface area contributed by atoms with Crippen LogP contribution in [0, 0.1) is 5.82 Å². The summed E-state index contributed by atoms with van der Waals surface area (Å²) in [4.78, 5) is 28.9. The van der Waals surface area contributed by atoms with E-state index >= 15 is 0 Å². The summed E-state index contributed by atoms with van der Waals surface area (Å²) in [7, 11) is -3.95. The van der Waals surface area contributed by atoms with Crippen LogP contribution >= 0.6 is 11.3 Å². The van der Waals surface area contributed by atoms with Crippen LogP contribution in [0.3, 0.4) is 0 Å². The summed E-state index contributed by atoms with van der Waals surface area (Å²) in [5.74, 6) is -1.11. The molecular weight excluding hydrogens is 455 g/mol. The number of carbonyl (C=O) groups is 2. The molecule has 0 spiro atoms. The number of halogens is 1. The summed E-state index contributed by atoms with van der Waals surface area (Å²) in [6, 6.07) is 9.13. The van der Waals surface area contributed by atoms with Crippen LogP contribution in [0.1, 0.15) is 11.8 Å². The van der Waals surface area contributed by atoms with E-state index in [0.717, 1.165) is 10.9 Å². The van der Waals surface area contributed by atoms with Gasteiger partial charge in [-0.3, -0.25) is 14.5 Å². The van der Waals surface area contributed by atoms with Gasteiger partial charge in [0.05, 0.1) is 19.6 Å². The van der Waals surface area contributed by atoms with Crippen LogP contribution in [0.5, 0.6) is 0 Å². The van der Waals surface area contributed by atoms with Crippen molar-refractivity contribution < 1.29 is 22.4 Å².